The summed E-state index contributed by atoms with van der Waals surface area (Å²) >= 11 is 0. The Hall–Kier alpha value is -0.840. The minimum absolute atomic E-state index is 0.206. The summed E-state index contributed by atoms with van der Waals surface area (Å²) in [5.41, 5.74) is 11.0. The van der Waals surface area contributed by atoms with Gasteiger partial charge in [-0.15, -0.1) is 0 Å². The van der Waals surface area contributed by atoms with Gasteiger partial charge in [-0.2, -0.15) is 0 Å². The van der Waals surface area contributed by atoms with Gasteiger partial charge >= 0.3 is 0 Å². The lowest BCUT2D eigenvalue weighted by Crippen LogP contribution is -2.65. The Labute approximate surface area is 122 Å². The number of amides is 1. The molecule has 0 aromatic rings. The van der Waals surface area contributed by atoms with Crippen molar-refractivity contribution in [3.8, 4) is 0 Å². The molecule has 1 amide bonds. The van der Waals surface area contributed by atoms with Gasteiger partial charge in [0.1, 0.15) is 24.5 Å². The zero-order valence-corrected chi connectivity index (χ0v) is 12.1. The van der Waals surface area contributed by atoms with E-state index < -0.39 is 55.1 Å². The van der Waals surface area contributed by atoms with Crippen molar-refractivity contribution in [2.75, 3.05) is 20.8 Å². The lowest BCUT2D eigenvalue weighted by molar-refractivity contribution is -0.147. The number of aliphatic hydroxyl groups excluding tert-OH is 2. The molecular weight excluding hydrogens is 285 g/mol. The monoisotopic (exact) mass is 309 g/mol. The van der Waals surface area contributed by atoms with Gasteiger partial charge in [-0.3, -0.25) is 4.79 Å². The molecule has 1 fully saturated rings. The van der Waals surface area contributed by atoms with Crippen LogP contribution in [0.5, 0.6) is 0 Å². The van der Waals surface area contributed by atoms with Crippen LogP contribution in [-0.4, -0.2) is 79.6 Å². The maximum Gasteiger partial charge on any atom is 0.252 e. The van der Waals surface area contributed by atoms with E-state index in [1.165, 1.54) is 14.2 Å². The van der Waals surface area contributed by atoms with E-state index in [-0.39, 0.29) is 6.42 Å². The lowest BCUT2D eigenvalue weighted by Gasteiger charge is -2.42. The molecule has 0 saturated heterocycles. The molecule has 124 valence electrons. The van der Waals surface area contributed by atoms with Crippen LogP contribution in [0.15, 0.2) is 0 Å². The van der Waals surface area contributed by atoms with Crippen LogP contribution in [0.4, 0.5) is 4.39 Å². The summed E-state index contributed by atoms with van der Waals surface area (Å²) in [6.07, 6.45) is -5.91. The van der Waals surface area contributed by atoms with Crippen molar-refractivity contribution in [1.29, 1.82) is 0 Å². The normalized spacial score (nSPS) is 36.0. The largest absolute Gasteiger partial charge is 0.388 e. The van der Waals surface area contributed by atoms with Crippen LogP contribution in [0.25, 0.3) is 0 Å². The zero-order chi connectivity index (χ0) is 16.2. The molecule has 1 aliphatic carbocycles. The van der Waals surface area contributed by atoms with Crippen molar-refractivity contribution < 1.29 is 28.9 Å². The minimum Gasteiger partial charge on any atom is -0.388 e. The number of hydrogen-bond acceptors (Lipinski definition) is 7. The minimum atomic E-state index is -1.89. The summed E-state index contributed by atoms with van der Waals surface area (Å²) < 4.78 is 23.5. The molecule has 3 unspecified atom stereocenters. The molecular formula is C12H24FN3O5. The molecule has 7 N–H and O–H groups in total. The van der Waals surface area contributed by atoms with Gasteiger partial charge in [0.2, 0.25) is 0 Å². The standard InChI is InChI=1S/C12H24FN3O5/c1-20-10-6(15)3-7(9(18)11(10)21-2)16-12(19)8(17)5(13)4-14/h5-11,17-18H,3-4,14-15H2,1-2H3,(H,16,19)/t5?,6-,7+,8?,9?,10+,11+/m0/s1. The third-order valence-corrected chi connectivity index (χ3v) is 3.73. The third kappa shape index (κ3) is 4.09. The van der Waals surface area contributed by atoms with Gasteiger partial charge in [0.25, 0.3) is 5.91 Å². The van der Waals surface area contributed by atoms with Gasteiger partial charge in [0.05, 0.1) is 6.04 Å². The number of rotatable bonds is 6. The smallest absolute Gasteiger partial charge is 0.252 e. The first-order chi connectivity index (χ1) is 9.87. The highest BCUT2D eigenvalue weighted by Crippen LogP contribution is 2.24. The summed E-state index contributed by atoms with van der Waals surface area (Å²) in [5.74, 6) is -0.949. The molecule has 0 aromatic carbocycles. The Balaban J connectivity index is 2.73. The van der Waals surface area contributed by atoms with E-state index in [1.54, 1.807) is 0 Å². The number of carbonyl (C=O) groups excluding carboxylic acids is 1. The summed E-state index contributed by atoms with van der Waals surface area (Å²) in [7, 11) is 2.83. The van der Waals surface area contributed by atoms with Crippen LogP contribution in [0.2, 0.25) is 0 Å². The Morgan fingerprint density at radius 2 is 2.00 bits per heavy atom. The van der Waals surface area contributed by atoms with Crippen LogP contribution in [0.3, 0.4) is 0 Å². The summed E-state index contributed by atoms with van der Waals surface area (Å²) in [6, 6.07) is -1.26. The molecule has 0 spiro atoms. The second-order valence-corrected chi connectivity index (χ2v) is 5.10. The highest BCUT2D eigenvalue weighted by molar-refractivity contribution is 5.81. The van der Waals surface area contributed by atoms with E-state index in [0.29, 0.717) is 0 Å². The first-order valence-corrected chi connectivity index (χ1v) is 6.69. The molecule has 0 bridgehead atoms. The molecule has 0 aliphatic heterocycles. The molecule has 21 heavy (non-hydrogen) atoms. The Morgan fingerprint density at radius 1 is 1.43 bits per heavy atom. The van der Waals surface area contributed by atoms with Crippen LogP contribution < -0.4 is 16.8 Å². The highest BCUT2D eigenvalue weighted by Gasteiger charge is 2.44. The van der Waals surface area contributed by atoms with Gasteiger partial charge in [-0.25, -0.2) is 4.39 Å². The topological polar surface area (TPSA) is 140 Å². The number of aliphatic hydroxyl groups is 2. The molecule has 9 heteroatoms. The maximum absolute atomic E-state index is 13.2. The van der Waals surface area contributed by atoms with Crippen molar-refractivity contribution in [3.63, 3.8) is 0 Å². The SMILES string of the molecule is CO[C@H]1[C@H](OC)C(O)[C@H](NC(=O)C(O)C(F)CN)C[C@@H]1N. The quantitative estimate of drug-likeness (QED) is 0.358. The number of alkyl halides is 1. The first kappa shape index (κ1) is 18.2. The zero-order valence-electron chi connectivity index (χ0n) is 12.1. The van der Waals surface area contributed by atoms with Crippen molar-refractivity contribution in [3.05, 3.63) is 0 Å². The summed E-state index contributed by atoms with van der Waals surface area (Å²) in [5, 5.41) is 22.0. The molecule has 1 aliphatic rings. The van der Waals surface area contributed by atoms with Crippen LogP contribution in [0, 0.1) is 0 Å². The van der Waals surface area contributed by atoms with Crippen molar-refractivity contribution in [2.24, 2.45) is 11.5 Å². The van der Waals surface area contributed by atoms with Crippen molar-refractivity contribution in [1.82, 2.24) is 5.32 Å². The molecule has 1 saturated carbocycles. The van der Waals surface area contributed by atoms with Crippen molar-refractivity contribution >= 4 is 5.91 Å². The van der Waals surface area contributed by atoms with Gasteiger partial charge in [0.15, 0.2) is 6.10 Å². The third-order valence-electron chi connectivity index (χ3n) is 3.73. The number of carbonyl (C=O) groups is 1. The van der Waals surface area contributed by atoms with E-state index in [0.717, 1.165) is 0 Å². The molecule has 0 heterocycles. The number of methoxy groups -OCH3 is 2. The average Bonchev–Trinajstić information content (AvgIpc) is 2.48. The fraction of sp³-hybridized carbons (Fsp3) is 0.917. The fourth-order valence-corrected chi connectivity index (χ4v) is 2.52. The number of hydrogen-bond donors (Lipinski definition) is 5. The van der Waals surface area contributed by atoms with Crippen molar-refractivity contribution in [2.45, 2.75) is 49.1 Å². The first-order valence-electron chi connectivity index (χ1n) is 6.69. The molecule has 8 nitrogen and oxygen atoms in total. The van der Waals surface area contributed by atoms with E-state index in [4.69, 9.17) is 20.9 Å². The maximum atomic E-state index is 13.2. The Kier molecular flexibility index (Phi) is 6.91. The van der Waals surface area contributed by atoms with E-state index in [2.05, 4.69) is 5.32 Å². The molecule has 0 radical (unpaired) electrons. The molecule has 7 atom stereocenters. The van der Waals surface area contributed by atoms with E-state index in [1.807, 2.05) is 0 Å². The van der Waals surface area contributed by atoms with Gasteiger partial charge in [-0.05, 0) is 6.42 Å². The number of nitrogens with one attached hydrogen (secondary N) is 1. The Morgan fingerprint density at radius 3 is 2.48 bits per heavy atom. The second-order valence-electron chi connectivity index (χ2n) is 5.10. The molecule has 1 rings (SSSR count). The predicted octanol–water partition coefficient (Wildman–Crippen LogP) is -2.75. The van der Waals surface area contributed by atoms with Gasteiger partial charge < -0.3 is 36.5 Å². The van der Waals surface area contributed by atoms with E-state index >= 15 is 0 Å². The Bertz CT molecular complexity index is 349. The van der Waals surface area contributed by atoms with Gasteiger partial charge in [-0.1, -0.05) is 0 Å². The van der Waals surface area contributed by atoms with Crippen LogP contribution in [0.1, 0.15) is 6.42 Å². The number of ether oxygens (including phenoxy) is 2. The average molecular weight is 309 g/mol. The molecule has 0 aromatic heterocycles. The predicted molar refractivity (Wildman–Crippen MR) is 72.1 cm³/mol. The summed E-state index contributed by atoms with van der Waals surface area (Å²) in [4.78, 5) is 11.7. The van der Waals surface area contributed by atoms with Gasteiger partial charge in [0, 0.05) is 26.8 Å². The lowest BCUT2D eigenvalue weighted by atomic mass is 9.84. The number of nitrogens with two attached hydrogens (primary N) is 2. The van der Waals surface area contributed by atoms with Crippen LogP contribution >= 0.6 is 0 Å². The number of halogens is 1. The summed E-state index contributed by atoms with van der Waals surface area (Å²) in [6.45, 7) is -0.478. The van der Waals surface area contributed by atoms with Crippen LogP contribution in [-0.2, 0) is 14.3 Å². The van der Waals surface area contributed by atoms with E-state index in [9.17, 15) is 19.4 Å². The fourth-order valence-electron chi connectivity index (χ4n) is 2.52. The second kappa shape index (κ2) is 7.97. The highest BCUT2D eigenvalue weighted by atomic mass is 19.1.